The number of allylic oxidation sites excluding steroid dienone is 2. The molecule has 174 valence electrons. The lowest BCUT2D eigenvalue weighted by molar-refractivity contribution is 1.27. The molecule has 0 aliphatic carbocycles. The molecule has 0 heterocycles. The highest BCUT2D eigenvalue weighted by molar-refractivity contribution is 5.79. The Kier molecular flexibility index (Phi) is 7.20. The maximum atomic E-state index is 2.30. The number of anilines is 3. The van der Waals surface area contributed by atoms with Crippen molar-refractivity contribution in [3.05, 3.63) is 162 Å². The third-order valence-electron chi connectivity index (χ3n) is 6.16. The molecule has 5 aromatic carbocycles. The number of rotatable bonds is 7. The van der Waals surface area contributed by atoms with Crippen molar-refractivity contribution in [2.24, 2.45) is 0 Å². The van der Waals surface area contributed by atoms with Crippen LogP contribution in [0, 0.1) is 6.92 Å². The van der Waals surface area contributed by atoms with Gasteiger partial charge in [0.1, 0.15) is 0 Å². The maximum absolute atomic E-state index is 2.30. The second kappa shape index (κ2) is 11.2. The van der Waals surface area contributed by atoms with Crippen molar-refractivity contribution < 1.29 is 0 Å². The second-order valence-electron chi connectivity index (χ2n) is 8.80. The van der Waals surface area contributed by atoms with E-state index in [-0.39, 0.29) is 0 Å². The Bertz CT molecular complexity index is 1430. The Morgan fingerprint density at radius 2 is 0.833 bits per heavy atom. The van der Waals surface area contributed by atoms with E-state index in [0.717, 1.165) is 17.1 Å². The van der Waals surface area contributed by atoms with Crippen LogP contribution in [0.3, 0.4) is 0 Å². The van der Waals surface area contributed by atoms with Gasteiger partial charge in [-0.15, -0.1) is 0 Å². The van der Waals surface area contributed by atoms with Gasteiger partial charge in [-0.3, -0.25) is 0 Å². The zero-order valence-electron chi connectivity index (χ0n) is 20.5. The third kappa shape index (κ3) is 5.71. The highest BCUT2D eigenvalue weighted by Gasteiger charge is 2.12. The van der Waals surface area contributed by atoms with E-state index in [2.05, 4.69) is 164 Å². The van der Waals surface area contributed by atoms with Crippen molar-refractivity contribution in [2.45, 2.75) is 6.92 Å². The summed E-state index contributed by atoms with van der Waals surface area (Å²) in [7, 11) is 0. The molecule has 0 N–H and O–H groups in total. The molecular formula is C35H29N. The predicted molar refractivity (Wildman–Crippen MR) is 156 cm³/mol. The average molecular weight is 464 g/mol. The standard InChI is InChI=1S/C35H29N/c1-28-16-22-33(23-17-28)36(35-26-20-32(21-27-35)31-14-6-3-7-15-31)34-24-18-30(19-25-34)13-9-8-12-29-10-4-2-5-11-29/h2-27H,1H3/b12-8+,13-9+. The summed E-state index contributed by atoms with van der Waals surface area (Å²) >= 11 is 0. The molecule has 0 saturated heterocycles. The molecule has 0 aliphatic heterocycles. The molecule has 0 bridgehead atoms. The summed E-state index contributed by atoms with van der Waals surface area (Å²) < 4.78 is 0. The van der Waals surface area contributed by atoms with Crippen LogP contribution in [0.2, 0.25) is 0 Å². The van der Waals surface area contributed by atoms with Gasteiger partial charge in [0.05, 0.1) is 0 Å². The summed E-state index contributed by atoms with van der Waals surface area (Å²) in [5.41, 5.74) is 9.46. The van der Waals surface area contributed by atoms with E-state index in [1.54, 1.807) is 0 Å². The van der Waals surface area contributed by atoms with Crippen molar-refractivity contribution in [3.8, 4) is 11.1 Å². The van der Waals surface area contributed by atoms with E-state index in [1.165, 1.54) is 27.8 Å². The summed E-state index contributed by atoms with van der Waals surface area (Å²) in [4.78, 5) is 2.30. The first-order valence-corrected chi connectivity index (χ1v) is 12.3. The van der Waals surface area contributed by atoms with Crippen LogP contribution in [-0.4, -0.2) is 0 Å². The normalized spacial score (nSPS) is 11.2. The third-order valence-corrected chi connectivity index (χ3v) is 6.16. The molecule has 1 heteroatoms. The average Bonchev–Trinajstić information content (AvgIpc) is 2.94. The number of nitrogens with zero attached hydrogens (tertiary/aromatic N) is 1. The van der Waals surface area contributed by atoms with Crippen LogP contribution in [0.1, 0.15) is 16.7 Å². The van der Waals surface area contributed by atoms with Crippen LogP contribution < -0.4 is 4.90 Å². The largest absolute Gasteiger partial charge is 0.311 e. The van der Waals surface area contributed by atoms with E-state index in [4.69, 9.17) is 0 Å². The Morgan fingerprint density at radius 3 is 1.39 bits per heavy atom. The highest BCUT2D eigenvalue weighted by atomic mass is 15.1. The minimum Gasteiger partial charge on any atom is -0.311 e. The minimum atomic E-state index is 1.13. The minimum absolute atomic E-state index is 1.13. The van der Waals surface area contributed by atoms with Gasteiger partial charge in [-0.05, 0) is 65.6 Å². The highest BCUT2D eigenvalue weighted by Crippen LogP contribution is 2.35. The van der Waals surface area contributed by atoms with Gasteiger partial charge in [0.15, 0.2) is 0 Å². The molecule has 5 rings (SSSR count). The molecule has 0 aromatic heterocycles. The van der Waals surface area contributed by atoms with Gasteiger partial charge in [0.2, 0.25) is 0 Å². The number of benzene rings is 5. The van der Waals surface area contributed by atoms with Crippen molar-refractivity contribution in [1.29, 1.82) is 0 Å². The molecule has 0 saturated carbocycles. The fourth-order valence-corrected chi connectivity index (χ4v) is 4.21. The smallest absolute Gasteiger partial charge is 0.0462 e. The zero-order valence-corrected chi connectivity index (χ0v) is 20.5. The monoisotopic (exact) mass is 463 g/mol. The zero-order chi connectivity index (χ0) is 24.6. The summed E-state index contributed by atoms with van der Waals surface area (Å²) in [5, 5.41) is 0. The second-order valence-corrected chi connectivity index (χ2v) is 8.80. The summed E-state index contributed by atoms with van der Waals surface area (Å²) in [6.07, 6.45) is 8.41. The van der Waals surface area contributed by atoms with Crippen molar-refractivity contribution >= 4 is 29.2 Å². The van der Waals surface area contributed by atoms with Crippen molar-refractivity contribution in [1.82, 2.24) is 0 Å². The van der Waals surface area contributed by atoms with Gasteiger partial charge in [-0.2, -0.15) is 0 Å². The summed E-state index contributed by atoms with van der Waals surface area (Å²) in [6.45, 7) is 2.12. The maximum Gasteiger partial charge on any atom is 0.0462 e. The fourth-order valence-electron chi connectivity index (χ4n) is 4.21. The Balaban J connectivity index is 1.40. The van der Waals surface area contributed by atoms with Crippen LogP contribution in [0.4, 0.5) is 17.1 Å². The van der Waals surface area contributed by atoms with E-state index in [9.17, 15) is 0 Å². The molecular weight excluding hydrogens is 434 g/mol. The number of hydrogen-bond acceptors (Lipinski definition) is 1. The molecule has 0 unspecified atom stereocenters. The predicted octanol–water partition coefficient (Wildman–Crippen LogP) is 9.86. The molecule has 1 nitrogen and oxygen atoms in total. The van der Waals surface area contributed by atoms with Gasteiger partial charge in [-0.1, -0.05) is 127 Å². The summed E-state index contributed by atoms with van der Waals surface area (Å²) in [6, 6.07) is 47.0. The summed E-state index contributed by atoms with van der Waals surface area (Å²) in [5.74, 6) is 0. The van der Waals surface area contributed by atoms with Gasteiger partial charge in [-0.25, -0.2) is 0 Å². The Morgan fingerprint density at radius 1 is 0.417 bits per heavy atom. The van der Waals surface area contributed by atoms with Gasteiger partial charge < -0.3 is 4.90 Å². The molecule has 0 radical (unpaired) electrons. The lowest BCUT2D eigenvalue weighted by Gasteiger charge is -2.26. The molecule has 5 aromatic rings. The lowest BCUT2D eigenvalue weighted by Crippen LogP contribution is -2.09. The number of aryl methyl sites for hydroxylation is 1. The number of hydrogen-bond donors (Lipinski definition) is 0. The lowest BCUT2D eigenvalue weighted by atomic mass is 10.0. The van der Waals surface area contributed by atoms with Crippen LogP contribution in [0.5, 0.6) is 0 Å². The van der Waals surface area contributed by atoms with Gasteiger partial charge >= 0.3 is 0 Å². The first-order chi connectivity index (χ1) is 17.8. The Labute approximate surface area is 214 Å². The molecule has 36 heavy (non-hydrogen) atoms. The molecule has 0 atom stereocenters. The molecule has 0 fully saturated rings. The SMILES string of the molecule is Cc1ccc(N(c2ccc(/C=C/C=C/c3ccccc3)cc2)c2ccc(-c3ccccc3)cc2)cc1. The molecule has 0 amide bonds. The van der Waals surface area contributed by atoms with E-state index in [0.29, 0.717) is 0 Å². The quantitative estimate of drug-likeness (QED) is 0.217. The van der Waals surface area contributed by atoms with Crippen LogP contribution in [0.25, 0.3) is 23.3 Å². The van der Waals surface area contributed by atoms with Gasteiger partial charge in [0.25, 0.3) is 0 Å². The van der Waals surface area contributed by atoms with Crippen LogP contribution in [0.15, 0.2) is 146 Å². The van der Waals surface area contributed by atoms with Crippen molar-refractivity contribution in [2.75, 3.05) is 4.90 Å². The van der Waals surface area contributed by atoms with Crippen molar-refractivity contribution in [3.63, 3.8) is 0 Å². The first-order valence-electron chi connectivity index (χ1n) is 12.3. The molecule has 0 aliphatic rings. The van der Waals surface area contributed by atoms with E-state index in [1.807, 2.05) is 6.07 Å². The van der Waals surface area contributed by atoms with E-state index >= 15 is 0 Å². The topological polar surface area (TPSA) is 3.24 Å². The van der Waals surface area contributed by atoms with E-state index < -0.39 is 0 Å². The van der Waals surface area contributed by atoms with Gasteiger partial charge in [0, 0.05) is 17.1 Å². The first kappa shape index (κ1) is 23.1. The molecule has 0 spiro atoms. The fraction of sp³-hybridized carbons (Fsp3) is 0.0286. The van der Waals surface area contributed by atoms with Crippen LogP contribution >= 0.6 is 0 Å². The Hall–Kier alpha value is -4.62. The van der Waals surface area contributed by atoms with Crippen LogP contribution in [-0.2, 0) is 0 Å².